The van der Waals surface area contributed by atoms with Gasteiger partial charge in [0.1, 0.15) is 11.4 Å². The summed E-state index contributed by atoms with van der Waals surface area (Å²) in [6, 6.07) is 8.61. The van der Waals surface area contributed by atoms with Gasteiger partial charge in [0.2, 0.25) is 0 Å². The van der Waals surface area contributed by atoms with E-state index in [1.54, 1.807) is 7.11 Å². The molecule has 1 heterocycles. The second-order valence-electron chi connectivity index (χ2n) is 6.28. The maximum atomic E-state index is 6.27. The highest BCUT2D eigenvalue weighted by Crippen LogP contribution is 2.42. The molecule has 2 atom stereocenters. The molecule has 1 aromatic rings. The summed E-state index contributed by atoms with van der Waals surface area (Å²) in [7, 11) is 3.77. The summed E-state index contributed by atoms with van der Waals surface area (Å²) in [5.74, 6) is 0.988. The maximum absolute atomic E-state index is 6.27. The summed E-state index contributed by atoms with van der Waals surface area (Å²) in [6.07, 6.45) is 1.82. The molecule has 0 amide bonds. The molecule has 106 valence electrons. The number of benzene rings is 1. The van der Waals surface area contributed by atoms with Crippen molar-refractivity contribution < 1.29 is 9.47 Å². The van der Waals surface area contributed by atoms with Crippen LogP contribution in [0.1, 0.15) is 45.2 Å². The SMILES string of the molecule is CNC1CC(C)(CC(C)(C)OC)Oc2ccccc21. The van der Waals surface area contributed by atoms with Crippen molar-refractivity contribution in [3.8, 4) is 5.75 Å². The summed E-state index contributed by atoms with van der Waals surface area (Å²) in [4.78, 5) is 0. The summed E-state index contributed by atoms with van der Waals surface area (Å²) in [6.45, 7) is 6.39. The lowest BCUT2D eigenvalue weighted by atomic mass is 9.81. The molecule has 3 nitrogen and oxygen atoms in total. The third-order valence-corrected chi connectivity index (χ3v) is 3.99. The number of methoxy groups -OCH3 is 1. The number of para-hydroxylation sites is 1. The Bertz CT molecular complexity index is 444. The van der Waals surface area contributed by atoms with Gasteiger partial charge in [0.25, 0.3) is 0 Å². The molecule has 0 aliphatic carbocycles. The molecule has 0 radical (unpaired) electrons. The minimum absolute atomic E-state index is 0.181. The molecule has 2 unspecified atom stereocenters. The molecule has 0 bridgehead atoms. The van der Waals surface area contributed by atoms with Gasteiger partial charge < -0.3 is 14.8 Å². The molecular formula is C16H25NO2. The lowest BCUT2D eigenvalue weighted by molar-refractivity contribution is -0.0594. The van der Waals surface area contributed by atoms with Crippen LogP contribution in [0.5, 0.6) is 5.75 Å². The number of nitrogens with one attached hydrogen (secondary N) is 1. The fraction of sp³-hybridized carbons (Fsp3) is 0.625. The summed E-state index contributed by atoms with van der Waals surface area (Å²) in [5, 5.41) is 3.40. The highest BCUT2D eigenvalue weighted by atomic mass is 16.5. The van der Waals surface area contributed by atoms with E-state index in [1.807, 2.05) is 13.1 Å². The molecule has 2 rings (SSSR count). The van der Waals surface area contributed by atoms with Gasteiger partial charge in [0.15, 0.2) is 0 Å². The zero-order valence-electron chi connectivity index (χ0n) is 12.6. The van der Waals surface area contributed by atoms with Crippen molar-refractivity contribution in [2.24, 2.45) is 0 Å². The lowest BCUT2D eigenvalue weighted by Crippen LogP contribution is -2.46. The second-order valence-corrected chi connectivity index (χ2v) is 6.28. The van der Waals surface area contributed by atoms with Crippen molar-refractivity contribution in [2.75, 3.05) is 14.2 Å². The standard InChI is InChI=1S/C16H25NO2/c1-15(2,18-5)11-16(3)10-13(17-4)12-8-6-7-9-14(12)19-16/h6-9,13,17H,10-11H2,1-5H3. The normalized spacial score (nSPS) is 26.7. The zero-order valence-corrected chi connectivity index (χ0v) is 12.6. The number of fused-ring (bicyclic) bond motifs is 1. The Morgan fingerprint density at radius 1 is 1.42 bits per heavy atom. The van der Waals surface area contributed by atoms with E-state index in [-0.39, 0.29) is 11.2 Å². The van der Waals surface area contributed by atoms with Gasteiger partial charge in [-0.05, 0) is 33.9 Å². The van der Waals surface area contributed by atoms with Gasteiger partial charge in [-0.1, -0.05) is 18.2 Å². The molecule has 0 saturated carbocycles. The van der Waals surface area contributed by atoms with Crippen LogP contribution in [0, 0.1) is 0 Å². The van der Waals surface area contributed by atoms with Crippen molar-refractivity contribution in [1.82, 2.24) is 5.32 Å². The average molecular weight is 263 g/mol. The van der Waals surface area contributed by atoms with Gasteiger partial charge >= 0.3 is 0 Å². The first-order valence-electron chi connectivity index (χ1n) is 6.89. The summed E-state index contributed by atoms with van der Waals surface area (Å²) < 4.78 is 11.8. The van der Waals surface area contributed by atoms with Crippen LogP contribution < -0.4 is 10.1 Å². The highest BCUT2D eigenvalue weighted by molar-refractivity contribution is 5.38. The molecule has 0 saturated heterocycles. The lowest BCUT2D eigenvalue weighted by Gasteiger charge is -2.43. The maximum Gasteiger partial charge on any atom is 0.124 e. The molecule has 1 aromatic carbocycles. The number of hydrogen-bond acceptors (Lipinski definition) is 3. The van der Waals surface area contributed by atoms with Crippen LogP contribution in [-0.4, -0.2) is 25.4 Å². The van der Waals surface area contributed by atoms with Crippen LogP contribution in [0.2, 0.25) is 0 Å². The van der Waals surface area contributed by atoms with Crippen LogP contribution in [0.25, 0.3) is 0 Å². The molecule has 1 aliphatic heterocycles. The Balaban J connectivity index is 2.27. The Morgan fingerprint density at radius 3 is 2.74 bits per heavy atom. The molecule has 1 N–H and O–H groups in total. The van der Waals surface area contributed by atoms with E-state index >= 15 is 0 Å². The Hall–Kier alpha value is -1.06. The summed E-state index contributed by atoms with van der Waals surface area (Å²) >= 11 is 0. The molecule has 0 fully saturated rings. The largest absolute Gasteiger partial charge is 0.487 e. The number of rotatable bonds is 4. The van der Waals surface area contributed by atoms with Crippen LogP contribution in [0.3, 0.4) is 0 Å². The van der Waals surface area contributed by atoms with Crippen LogP contribution in [0.4, 0.5) is 0 Å². The monoisotopic (exact) mass is 263 g/mol. The first-order chi connectivity index (χ1) is 8.89. The van der Waals surface area contributed by atoms with E-state index in [0.29, 0.717) is 6.04 Å². The van der Waals surface area contributed by atoms with Crippen molar-refractivity contribution in [2.45, 2.75) is 50.9 Å². The third-order valence-electron chi connectivity index (χ3n) is 3.99. The first-order valence-corrected chi connectivity index (χ1v) is 6.89. The van der Waals surface area contributed by atoms with E-state index in [4.69, 9.17) is 9.47 Å². The summed E-state index contributed by atoms with van der Waals surface area (Å²) in [5.41, 5.74) is 0.860. The Kier molecular flexibility index (Phi) is 3.88. The van der Waals surface area contributed by atoms with Crippen LogP contribution in [-0.2, 0) is 4.74 Å². The Morgan fingerprint density at radius 2 is 2.11 bits per heavy atom. The van der Waals surface area contributed by atoms with E-state index in [0.717, 1.165) is 18.6 Å². The van der Waals surface area contributed by atoms with E-state index in [1.165, 1.54) is 5.56 Å². The minimum Gasteiger partial charge on any atom is -0.487 e. The Labute approximate surface area is 116 Å². The fourth-order valence-corrected chi connectivity index (χ4v) is 3.05. The topological polar surface area (TPSA) is 30.5 Å². The predicted octanol–water partition coefficient (Wildman–Crippen LogP) is 3.30. The van der Waals surface area contributed by atoms with Gasteiger partial charge in [0, 0.05) is 31.6 Å². The number of ether oxygens (including phenoxy) is 2. The van der Waals surface area contributed by atoms with Gasteiger partial charge in [-0.2, -0.15) is 0 Å². The van der Waals surface area contributed by atoms with Gasteiger partial charge in [-0.15, -0.1) is 0 Å². The molecule has 0 aromatic heterocycles. The van der Waals surface area contributed by atoms with Crippen LogP contribution >= 0.6 is 0 Å². The van der Waals surface area contributed by atoms with Crippen molar-refractivity contribution in [3.05, 3.63) is 29.8 Å². The molecule has 19 heavy (non-hydrogen) atoms. The van der Waals surface area contributed by atoms with Crippen molar-refractivity contribution in [3.63, 3.8) is 0 Å². The van der Waals surface area contributed by atoms with Gasteiger partial charge in [-0.25, -0.2) is 0 Å². The fourth-order valence-electron chi connectivity index (χ4n) is 3.05. The number of hydrogen-bond donors (Lipinski definition) is 1. The first kappa shape index (κ1) is 14.4. The zero-order chi connectivity index (χ0) is 14.1. The van der Waals surface area contributed by atoms with E-state index in [9.17, 15) is 0 Å². The molecular weight excluding hydrogens is 238 g/mol. The second kappa shape index (κ2) is 5.14. The van der Waals surface area contributed by atoms with Crippen molar-refractivity contribution in [1.29, 1.82) is 0 Å². The van der Waals surface area contributed by atoms with E-state index in [2.05, 4.69) is 44.3 Å². The smallest absolute Gasteiger partial charge is 0.124 e. The highest BCUT2D eigenvalue weighted by Gasteiger charge is 2.40. The molecule has 0 spiro atoms. The third kappa shape index (κ3) is 3.10. The average Bonchev–Trinajstić information content (AvgIpc) is 2.36. The predicted molar refractivity (Wildman–Crippen MR) is 77.6 cm³/mol. The quantitative estimate of drug-likeness (QED) is 0.904. The molecule has 1 aliphatic rings. The van der Waals surface area contributed by atoms with Crippen molar-refractivity contribution >= 4 is 0 Å². The van der Waals surface area contributed by atoms with Crippen LogP contribution in [0.15, 0.2) is 24.3 Å². The van der Waals surface area contributed by atoms with Gasteiger partial charge in [-0.3, -0.25) is 0 Å². The van der Waals surface area contributed by atoms with Gasteiger partial charge in [0.05, 0.1) is 5.60 Å². The van der Waals surface area contributed by atoms with E-state index < -0.39 is 0 Å². The molecule has 3 heteroatoms. The minimum atomic E-state index is -0.207.